The van der Waals surface area contributed by atoms with Crippen LogP contribution in [0.2, 0.25) is 5.02 Å². The van der Waals surface area contributed by atoms with E-state index in [1.54, 1.807) is 43.5 Å². The predicted molar refractivity (Wildman–Crippen MR) is 153 cm³/mol. The Morgan fingerprint density at radius 2 is 1.93 bits per heavy atom. The van der Waals surface area contributed by atoms with E-state index >= 15 is 0 Å². The number of methoxy groups -OCH3 is 1. The Balaban J connectivity index is 1.44. The van der Waals surface area contributed by atoms with E-state index in [1.807, 2.05) is 4.57 Å². The van der Waals surface area contributed by atoms with Gasteiger partial charge in [-0.25, -0.2) is 19.2 Å². The number of carboxylic acid groups (broad SMARTS) is 1. The van der Waals surface area contributed by atoms with Crippen LogP contribution in [0.25, 0.3) is 22.3 Å². The Kier molecular flexibility index (Phi) is 8.41. The molecule has 0 atom stereocenters. The van der Waals surface area contributed by atoms with Gasteiger partial charge in [0.1, 0.15) is 12.4 Å². The van der Waals surface area contributed by atoms with E-state index in [4.69, 9.17) is 21.1 Å². The molecule has 0 saturated carbocycles. The number of nitrogens with zero attached hydrogens (tertiary/aromatic N) is 4. The number of ether oxygens (including phenoxy) is 2. The van der Waals surface area contributed by atoms with Gasteiger partial charge in [0.25, 0.3) is 5.69 Å². The van der Waals surface area contributed by atoms with E-state index in [0.717, 1.165) is 6.07 Å². The Morgan fingerprint density at radius 1 is 1.10 bits per heavy atom. The van der Waals surface area contributed by atoms with Crippen LogP contribution >= 0.6 is 11.6 Å². The summed E-state index contributed by atoms with van der Waals surface area (Å²) < 4.78 is 26.7. The third-order valence-electron chi connectivity index (χ3n) is 6.60. The van der Waals surface area contributed by atoms with Crippen molar-refractivity contribution in [1.29, 1.82) is 0 Å². The molecular formula is C30H24ClFN4O6. The number of fused-ring (bicyclic) bond motifs is 1. The van der Waals surface area contributed by atoms with E-state index in [1.165, 1.54) is 30.3 Å². The number of pyridine rings is 1. The van der Waals surface area contributed by atoms with Crippen molar-refractivity contribution < 1.29 is 28.7 Å². The number of rotatable bonds is 11. The van der Waals surface area contributed by atoms with E-state index in [-0.39, 0.29) is 35.1 Å². The fourth-order valence-corrected chi connectivity index (χ4v) is 4.71. The molecule has 0 fully saturated rings. The van der Waals surface area contributed by atoms with Crippen LogP contribution in [-0.2, 0) is 24.3 Å². The van der Waals surface area contributed by atoms with E-state index < -0.39 is 16.7 Å². The van der Waals surface area contributed by atoms with Crippen LogP contribution in [0.1, 0.15) is 27.4 Å². The fourth-order valence-electron chi connectivity index (χ4n) is 4.55. The van der Waals surface area contributed by atoms with Crippen molar-refractivity contribution in [2.45, 2.75) is 19.6 Å². The first kappa shape index (κ1) is 28.7. The molecule has 0 amide bonds. The monoisotopic (exact) mass is 590 g/mol. The van der Waals surface area contributed by atoms with Crippen molar-refractivity contribution in [3.8, 4) is 17.0 Å². The first-order chi connectivity index (χ1) is 20.2. The molecule has 10 nitrogen and oxygen atoms in total. The lowest BCUT2D eigenvalue weighted by molar-refractivity contribution is -0.385. The number of carbonyl (C=O) groups is 1. The van der Waals surface area contributed by atoms with Gasteiger partial charge >= 0.3 is 5.97 Å². The van der Waals surface area contributed by atoms with Crippen molar-refractivity contribution >= 4 is 34.3 Å². The summed E-state index contributed by atoms with van der Waals surface area (Å²) in [7, 11) is 1.55. The average molecular weight is 591 g/mol. The molecule has 0 aliphatic heterocycles. The highest BCUT2D eigenvalue weighted by Crippen LogP contribution is 2.30. The molecule has 5 aromatic rings. The van der Waals surface area contributed by atoms with E-state index in [2.05, 4.69) is 9.97 Å². The zero-order valence-electron chi connectivity index (χ0n) is 22.3. The molecule has 0 spiro atoms. The Hall–Kier alpha value is -4.87. The Bertz CT molecular complexity index is 1810. The molecule has 0 radical (unpaired) electrons. The molecular weight excluding hydrogens is 567 g/mol. The standard InChI is InChI=1S/C30H24ClFN4O6/c1-41-12-11-35-27-14-20(30(37)38)7-9-25(27)34-29(35)15-19-6-5-18(13-26(19)36(39)40)24-4-2-3-22(33-24)17-42-28-10-8-21(31)16-23(28)32/h2-10,13-14,16H,11-12,15,17H2,1H3,(H,37,38). The summed E-state index contributed by atoms with van der Waals surface area (Å²) in [5.41, 5.74) is 3.10. The normalized spacial score (nSPS) is 11.1. The number of hydrogen-bond donors (Lipinski definition) is 1. The van der Waals surface area contributed by atoms with Crippen LogP contribution in [0, 0.1) is 15.9 Å². The molecule has 0 unspecified atom stereocenters. The molecule has 0 aliphatic carbocycles. The lowest BCUT2D eigenvalue weighted by atomic mass is 10.0. The maximum Gasteiger partial charge on any atom is 0.335 e. The largest absolute Gasteiger partial charge is 0.484 e. The molecule has 2 aromatic heterocycles. The van der Waals surface area contributed by atoms with Crippen LogP contribution in [0.15, 0.2) is 72.8 Å². The van der Waals surface area contributed by atoms with Crippen LogP contribution in [0.4, 0.5) is 10.1 Å². The second-order valence-electron chi connectivity index (χ2n) is 9.34. The molecule has 214 valence electrons. The number of carboxylic acids is 1. The zero-order chi connectivity index (χ0) is 29.8. The van der Waals surface area contributed by atoms with E-state index in [0.29, 0.717) is 52.5 Å². The fraction of sp³-hybridized carbons (Fsp3) is 0.167. The number of aromatic nitrogens is 3. The number of aromatic carboxylic acids is 1. The predicted octanol–water partition coefficient (Wildman–Crippen LogP) is 6.31. The van der Waals surface area contributed by atoms with Gasteiger partial charge in [-0.15, -0.1) is 0 Å². The topological polar surface area (TPSA) is 130 Å². The van der Waals surface area contributed by atoms with Gasteiger partial charge in [-0.3, -0.25) is 10.1 Å². The maximum absolute atomic E-state index is 14.1. The Labute approximate surface area is 244 Å². The Morgan fingerprint density at radius 3 is 2.67 bits per heavy atom. The second kappa shape index (κ2) is 12.3. The SMILES string of the molecule is COCCn1c(Cc2ccc(-c3cccc(COc4ccc(Cl)cc4F)n3)cc2[N+](=O)[O-])nc2ccc(C(=O)O)cc21. The lowest BCUT2D eigenvalue weighted by Crippen LogP contribution is -2.10. The van der Waals surface area contributed by atoms with Crippen LogP contribution in [0.5, 0.6) is 5.75 Å². The highest BCUT2D eigenvalue weighted by molar-refractivity contribution is 6.30. The van der Waals surface area contributed by atoms with Gasteiger partial charge in [0, 0.05) is 42.3 Å². The number of hydrogen-bond acceptors (Lipinski definition) is 7. The highest BCUT2D eigenvalue weighted by Gasteiger charge is 2.20. The molecule has 2 heterocycles. The van der Waals surface area contributed by atoms with Crippen LogP contribution < -0.4 is 4.74 Å². The second-order valence-corrected chi connectivity index (χ2v) is 9.77. The molecule has 3 aromatic carbocycles. The van der Waals surface area contributed by atoms with Crippen LogP contribution in [0.3, 0.4) is 0 Å². The molecule has 42 heavy (non-hydrogen) atoms. The van der Waals surface area contributed by atoms with Gasteiger partial charge in [-0.2, -0.15) is 0 Å². The first-order valence-corrected chi connectivity index (χ1v) is 13.1. The van der Waals surface area contributed by atoms with Crippen molar-refractivity contribution in [3.05, 3.63) is 116 Å². The summed E-state index contributed by atoms with van der Waals surface area (Å²) in [5.74, 6) is -1.09. The average Bonchev–Trinajstić information content (AvgIpc) is 3.31. The number of nitro groups is 1. The van der Waals surface area contributed by atoms with E-state index in [9.17, 15) is 24.4 Å². The number of imidazole rings is 1. The van der Waals surface area contributed by atoms with Gasteiger partial charge < -0.3 is 19.1 Å². The van der Waals surface area contributed by atoms with Gasteiger partial charge in [0.15, 0.2) is 11.6 Å². The first-order valence-electron chi connectivity index (χ1n) is 12.8. The van der Waals surface area contributed by atoms with Gasteiger partial charge in [-0.05, 0) is 48.5 Å². The number of benzene rings is 3. The van der Waals surface area contributed by atoms with Gasteiger partial charge in [0.05, 0.1) is 39.5 Å². The molecule has 0 saturated heterocycles. The van der Waals surface area contributed by atoms with Crippen molar-refractivity contribution in [3.63, 3.8) is 0 Å². The van der Waals surface area contributed by atoms with Crippen molar-refractivity contribution in [2.24, 2.45) is 0 Å². The zero-order valence-corrected chi connectivity index (χ0v) is 23.0. The van der Waals surface area contributed by atoms with Gasteiger partial charge in [0.2, 0.25) is 0 Å². The lowest BCUT2D eigenvalue weighted by Gasteiger charge is -2.11. The van der Waals surface area contributed by atoms with Crippen molar-refractivity contribution in [2.75, 3.05) is 13.7 Å². The summed E-state index contributed by atoms with van der Waals surface area (Å²) in [6, 6.07) is 18.7. The molecule has 0 bridgehead atoms. The summed E-state index contributed by atoms with van der Waals surface area (Å²) in [6.45, 7) is 0.705. The molecule has 0 aliphatic rings. The quantitative estimate of drug-likeness (QED) is 0.140. The smallest absolute Gasteiger partial charge is 0.335 e. The summed E-state index contributed by atoms with van der Waals surface area (Å²) in [4.78, 5) is 32.4. The highest BCUT2D eigenvalue weighted by atomic mass is 35.5. The third-order valence-corrected chi connectivity index (χ3v) is 6.83. The summed E-state index contributed by atoms with van der Waals surface area (Å²) >= 11 is 5.79. The number of halogens is 2. The minimum Gasteiger partial charge on any atom is -0.484 e. The molecule has 5 rings (SSSR count). The maximum atomic E-state index is 14.1. The molecule has 1 N–H and O–H groups in total. The molecule has 12 heteroatoms. The van der Waals surface area contributed by atoms with Crippen LogP contribution in [-0.4, -0.2) is 44.3 Å². The van der Waals surface area contributed by atoms with Gasteiger partial charge in [-0.1, -0.05) is 29.8 Å². The third kappa shape index (κ3) is 6.22. The number of nitro benzene ring substituents is 1. The van der Waals surface area contributed by atoms with Crippen molar-refractivity contribution in [1.82, 2.24) is 14.5 Å². The minimum absolute atomic E-state index is 0.0200. The summed E-state index contributed by atoms with van der Waals surface area (Å²) in [6.07, 6.45) is 0.130. The minimum atomic E-state index is -1.06. The summed E-state index contributed by atoms with van der Waals surface area (Å²) in [5, 5.41) is 21.8.